The number of amides is 2. The number of halogens is 10. The van der Waals surface area contributed by atoms with Crippen LogP contribution in [0.15, 0.2) is 24.3 Å². The van der Waals surface area contributed by atoms with Crippen LogP contribution in [0.5, 0.6) is 5.88 Å². The molecule has 2 amide bonds. The van der Waals surface area contributed by atoms with E-state index in [0.717, 1.165) is 4.68 Å². The number of H-pyrrole nitrogens is 1. The molecule has 1 fully saturated rings. The summed E-state index contributed by atoms with van der Waals surface area (Å²) in [5, 5.41) is 11.3. The van der Waals surface area contributed by atoms with Gasteiger partial charge in [-0.25, -0.2) is 8.78 Å². The highest BCUT2D eigenvalue weighted by Crippen LogP contribution is 2.38. The Bertz CT molecular complexity index is 1890. The zero-order valence-electron chi connectivity index (χ0n) is 25.6. The van der Waals surface area contributed by atoms with Crippen LogP contribution < -0.4 is 20.7 Å². The van der Waals surface area contributed by atoms with Crippen LogP contribution in [0.25, 0.3) is 11.2 Å². The van der Waals surface area contributed by atoms with Crippen molar-refractivity contribution in [1.82, 2.24) is 35.4 Å². The predicted molar refractivity (Wildman–Crippen MR) is 164 cm³/mol. The molecular formula is C29H26Cl2F8N8O3. The number of imidazole rings is 1. The Morgan fingerprint density at radius 3 is 2.36 bits per heavy atom. The van der Waals surface area contributed by atoms with Crippen molar-refractivity contribution in [2.75, 3.05) is 11.9 Å². The Balaban J connectivity index is 1.34. The van der Waals surface area contributed by atoms with E-state index in [1.807, 2.05) is 0 Å². The summed E-state index contributed by atoms with van der Waals surface area (Å²) in [6, 6.07) is 4.12. The summed E-state index contributed by atoms with van der Waals surface area (Å²) < 4.78 is 110. The number of hydrogen-bond acceptors (Lipinski definition) is 7. The average Bonchev–Trinajstić information content (AvgIpc) is 3.63. The second kappa shape index (κ2) is 14.5. The molecule has 21 heteroatoms. The third-order valence-electron chi connectivity index (χ3n) is 7.81. The van der Waals surface area contributed by atoms with Crippen molar-refractivity contribution in [3.05, 3.63) is 56.8 Å². The van der Waals surface area contributed by atoms with Crippen molar-refractivity contribution in [2.24, 2.45) is 13.0 Å². The molecule has 3 heterocycles. The van der Waals surface area contributed by atoms with Crippen LogP contribution in [0.2, 0.25) is 10.0 Å². The van der Waals surface area contributed by atoms with Crippen LogP contribution in [-0.4, -0.2) is 61.8 Å². The SMILES string of the molecule is Cn1nc(C(F)(F)F)cc1C(=O)NCc1ccc(Cl)c(Nc2nc3nc(OCC(F)F)c(C(=O)NC4CCC(C(F)(F)F)CC4)cc3[nH]2)c1Cl. The van der Waals surface area contributed by atoms with Crippen molar-refractivity contribution >= 4 is 57.8 Å². The molecule has 0 saturated heterocycles. The average molecular weight is 757 g/mol. The number of ether oxygens (including phenoxy) is 1. The first-order chi connectivity index (χ1) is 23.4. The molecule has 5 rings (SSSR count). The van der Waals surface area contributed by atoms with E-state index in [0.29, 0.717) is 11.6 Å². The molecule has 4 aromatic rings. The Kier molecular flexibility index (Phi) is 10.7. The van der Waals surface area contributed by atoms with Gasteiger partial charge in [-0.05, 0) is 43.4 Å². The molecule has 0 spiro atoms. The van der Waals surface area contributed by atoms with E-state index < -0.39 is 60.7 Å². The molecule has 0 bridgehead atoms. The molecular weight excluding hydrogens is 731 g/mol. The van der Waals surface area contributed by atoms with Gasteiger partial charge in [-0.3, -0.25) is 14.3 Å². The molecule has 3 aromatic heterocycles. The first kappa shape index (κ1) is 36.9. The van der Waals surface area contributed by atoms with Gasteiger partial charge >= 0.3 is 12.4 Å². The molecule has 1 aliphatic carbocycles. The number of alkyl halides is 8. The Morgan fingerprint density at radius 2 is 1.74 bits per heavy atom. The van der Waals surface area contributed by atoms with Crippen LogP contribution in [0.4, 0.5) is 46.8 Å². The van der Waals surface area contributed by atoms with E-state index in [9.17, 15) is 44.7 Å². The molecule has 1 aliphatic rings. The van der Waals surface area contributed by atoms with E-state index in [1.54, 1.807) is 0 Å². The minimum absolute atomic E-state index is 0.00605. The lowest BCUT2D eigenvalue weighted by Gasteiger charge is -2.30. The number of carbonyl (C=O) groups excluding carboxylic acids is 2. The molecule has 270 valence electrons. The number of nitrogens with one attached hydrogen (secondary N) is 4. The lowest BCUT2D eigenvalue weighted by molar-refractivity contribution is -0.182. The van der Waals surface area contributed by atoms with Crippen molar-refractivity contribution in [2.45, 2.75) is 57.0 Å². The third kappa shape index (κ3) is 8.48. The van der Waals surface area contributed by atoms with Gasteiger partial charge in [-0.15, -0.1) is 0 Å². The summed E-state index contributed by atoms with van der Waals surface area (Å²) in [4.78, 5) is 37.0. The fraction of sp³-hybridized carbons (Fsp3) is 0.414. The maximum absolute atomic E-state index is 13.2. The highest BCUT2D eigenvalue weighted by Gasteiger charge is 2.41. The van der Waals surface area contributed by atoms with Gasteiger partial charge in [0.2, 0.25) is 11.8 Å². The molecule has 0 atom stereocenters. The van der Waals surface area contributed by atoms with Gasteiger partial charge in [0.15, 0.2) is 17.9 Å². The molecule has 11 nitrogen and oxygen atoms in total. The summed E-state index contributed by atoms with van der Waals surface area (Å²) in [7, 11) is 1.18. The minimum Gasteiger partial charge on any atom is -0.471 e. The van der Waals surface area contributed by atoms with E-state index in [4.69, 9.17) is 27.9 Å². The normalized spacial score (nSPS) is 16.9. The fourth-order valence-electron chi connectivity index (χ4n) is 5.28. The van der Waals surface area contributed by atoms with Gasteiger partial charge < -0.3 is 25.7 Å². The molecule has 0 unspecified atom stereocenters. The lowest BCUT2D eigenvalue weighted by atomic mass is 9.85. The van der Waals surface area contributed by atoms with Gasteiger partial charge in [0.1, 0.15) is 11.3 Å². The van der Waals surface area contributed by atoms with Crippen LogP contribution >= 0.6 is 23.2 Å². The highest BCUT2D eigenvalue weighted by molar-refractivity contribution is 6.39. The third-order valence-corrected chi connectivity index (χ3v) is 8.56. The maximum atomic E-state index is 13.2. The van der Waals surface area contributed by atoms with E-state index in [2.05, 4.69) is 36.0 Å². The maximum Gasteiger partial charge on any atom is 0.435 e. The van der Waals surface area contributed by atoms with E-state index >= 15 is 0 Å². The number of aryl methyl sites for hydroxylation is 1. The van der Waals surface area contributed by atoms with Crippen molar-refractivity contribution in [3.8, 4) is 5.88 Å². The number of aromatic nitrogens is 5. The van der Waals surface area contributed by atoms with E-state index in [1.165, 1.54) is 25.2 Å². The Labute approximate surface area is 287 Å². The number of anilines is 2. The topological polar surface area (TPSA) is 139 Å². The van der Waals surface area contributed by atoms with Crippen molar-refractivity contribution in [3.63, 3.8) is 0 Å². The smallest absolute Gasteiger partial charge is 0.435 e. The molecule has 1 saturated carbocycles. The van der Waals surface area contributed by atoms with Crippen LogP contribution in [0, 0.1) is 5.92 Å². The number of nitrogens with zero attached hydrogens (tertiary/aromatic N) is 4. The highest BCUT2D eigenvalue weighted by atomic mass is 35.5. The van der Waals surface area contributed by atoms with Crippen LogP contribution in [-0.2, 0) is 19.8 Å². The summed E-state index contributed by atoms with van der Waals surface area (Å²) in [5.74, 6) is -3.66. The molecule has 0 radical (unpaired) electrons. The van der Waals surface area contributed by atoms with Gasteiger partial charge in [0.05, 0.1) is 27.2 Å². The monoisotopic (exact) mass is 756 g/mol. The number of rotatable bonds is 10. The Hall–Kier alpha value is -4.39. The van der Waals surface area contributed by atoms with Crippen LogP contribution in [0.3, 0.4) is 0 Å². The molecule has 50 heavy (non-hydrogen) atoms. The number of fused-ring (bicyclic) bond motifs is 1. The summed E-state index contributed by atoms with van der Waals surface area (Å²) in [6.07, 6.45) is -12.2. The van der Waals surface area contributed by atoms with Gasteiger partial charge in [-0.1, -0.05) is 29.3 Å². The fourth-order valence-corrected chi connectivity index (χ4v) is 5.81. The zero-order chi connectivity index (χ0) is 36.5. The number of aromatic amines is 1. The van der Waals surface area contributed by atoms with Crippen LogP contribution in [0.1, 0.15) is 57.8 Å². The molecule has 1 aromatic carbocycles. The quantitative estimate of drug-likeness (QED) is 0.126. The van der Waals surface area contributed by atoms with E-state index in [-0.39, 0.29) is 76.3 Å². The second-order valence-corrected chi connectivity index (χ2v) is 12.1. The van der Waals surface area contributed by atoms with Gasteiger partial charge in [0.25, 0.3) is 18.2 Å². The molecule has 0 aliphatic heterocycles. The molecule has 4 N–H and O–H groups in total. The zero-order valence-corrected chi connectivity index (χ0v) is 27.1. The van der Waals surface area contributed by atoms with Crippen molar-refractivity contribution < 1.29 is 49.4 Å². The number of carbonyl (C=O) groups is 2. The Morgan fingerprint density at radius 1 is 1.04 bits per heavy atom. The number of benzene rings is 1. The first-order valence-electron chi connectivity index (χ1n) is 14.7. The van der Waals surface area contributed by atoms with Crippen molar-refractivity contribution in [1.29, 1.82) is 0 Å². The summed E-state index contributed by atoms with van der Waals surface area (Å²) in [5.41, 5.74) is -1.43. The summed E-state index contributed by atoms with van der Waals surface area (Å²) >= 11 is 12.9. The summed E-state index contributed by atoms with van der Waals surface area (Å²) in [6.45, 7) is -1.34. The van der Waals surface area contributed by atoms with Gasteiger partial charge in [-0.2, -0.15) is 41.4 Å². The largest absolute Gasteiger partial charge is 0.471 e. The lowest BCUT2D eigenvalue weighted by Crippen LogP contribution is -2.40. The minimum atomic E-state index is -4.75. The number of hydrogen-bond donors (Lipinski definition) is 4. The van der Waals surface area contributed by atoms with Gasteiger partial charge in [0, 0.05) is 25.7 Å². The second-order valence-electron chi connectivity index (χ2n) is 11.3. The first-order valence-corrected chi connectivity index (χ1v) is 15.5. The number of pyridine rings is 1. The predicted octanol–water partition coefficient (Wildman–Crippen LogP) is 7.19. The standard InChI is InChI=1S/C29H26Cl2F8N8O3/c1-47-18(9-19(46-47)29(37,38)39)25(49)40-10-12-2-7-16(30)22(21(12)31)43-27-42-17-8-15(26(44-23(17)45-27)50-11-20(32)33)24(48)41-14-5-3-13(4-6-14)28(34,35)36/h2,7-9,13-14,20H,3-6,10-11H2,1H3,(H,40,49)(H,41,48)(H2,42,43,44,45).